The lowest BCUT2D eigenvalue weighted by molar-refractivity contribution is 1.12. The molecule has 0 aliphatic carbocycles. The molecule has 2 aromatic heterocycles. The van der Waals surface area contributed by atoms with E-state index in [1.165, 1.54) is 4.88 Å². The summed E-state index contributed by atoms with van der Waals surface area (Å²) in [6.45, 7) is 2.77. The second-order valence-corrected chi connectivity index (χ2v) is 6.62. The highest BCUT2D eigenvalue weighted by Gasteiger charge is 2.08. The molecule has 0 radical (unpaired) electrons. The first-order valence-corrected chi connectivity index (χ1v) is 8.07. The smallest absolute Gasteiger partial charge is 0.0909 e. The molecule has 1 N–H and O–H groups in total. The van der Waals surface area contributed by atoms with Gasteiger partial charge in [-0.3, -0.25) is 4.98 Å². The van der Waals surface area contributed by atoms with Crippen LogP contribution in [0.15, 0.2) is 34.4 Å². The number of rotatable bonds is 3. The second-order valence-electron chi connectivity index (χ2n) is 4.36. The Balaban J connectivity index is 1.97. The summed E-state index contributed by atoms with van der Waals surface area (Å²) in [5, 5.41) is 5.09. The van der Waals surface area contributed by atoms with Gasteiger partial charge in [0.25, 0.3) is 0 Å². The summed E-state index contributed by atoms with van der Waals surface area (Å²) in [6.07, 6.45) is 1.77. The van der Waals surface area contributed by atoms with Gasteiger partial charge in [0.2, 0.25) is 0 Å². The van der Waals surface area contributed by atoms with Gasteiger partial charge in [0.05, 0.1) is 28.3 Å². The number of nitrogens with one attached hydrogen (secondary N) is 1. The van der Waals surface area contributed by atoms with Crippen LogP contribution in [0.1, 0.15) is 10.6 Å². The van der Waals surface area contributed by atoms with Gasteiger partial charge in [0, 0.05) is 26.6 Å². The summed E-state index contributed by atoms with van der Waals surface area (Å²) in [7, 11) is 0. The maximum absolute atomic E-state index is 6.23. The van der Waals surface area contributed by atoms with Gasteiger partial charge in [-0.15, -0.1) is 11.3 Å². The number of halogens is 2. The minimum Gasteiger partial charge on any atom is -0.379 e. The third-order valence-electron chi connectivity index (χ3n) is 3.05. The molecule has 0 bridgehead atoms. The Morgan fingerprint density at radius 2 is 2.20 bits per heavy atom. The van der Waals surface area contributed by atoms with Crippen molar-refractivity contribution >= 4 is 55.5 Å². The summed E-state index contributed by atoms with van der Waals surface area (Å²) in [5.74, 6) is 0. The molecule has 0 saturated carbocycles. The lowest BCUT2D eigenvalue weighted by Gasteiger charge is -2.10. The van der Waals surface area contributed by atoms with E-state index in [2.05, 4.69) is 31.2 Å². The van der Waals surface area contributed by atoms with Crippen LogP contribution in [0, 0.1) is 6.92 Å². The van der Waals surface area contributed by atoms with Crippen molar-refractivity contribution in [2.75, 3.05) is 5.32 Å². The number of anilines is 1. The Labute approximate surface area is 134 Å². The zero-order valence-electron chi connectivity index (χ0n) is 10.7. The molecule has 3 nitrogen and oxygen atoms in total. The second kappa shape index (κ2) is 5.68. The summed E-state index contributed by atoms with van der Waals surface area (Å²) < 4.78 is 0.944. The number of hydrogen-bond acceptors (Lipinski definition) is 4. The van der Waals surface area contributed by atoms with Gasteiger partial charge in [-0.2, -0.15) is 0 Å². The Morgan fingerprint density at radius 1 is 1.35 bits per heavy atom. The quantitative estimate of drug-likeness (QED) is 0.704. The average molecular weight is 369 g/mol. The van der Waals surface area contributed by atoms with Crippen molar-refractivity contribution in [2.45, 2.75) is 13.5 Å². The molecule has 0 aliphatic heterocycles. The van der Waals surface area contributed by atoms with Crippen LogP contribution in [0.2, 0.25) is 5.02 Å². The van der Waals surface area contributed by atoms with Crippen molar-refractivity contribution in [1.29, 1.82) is 0 Å². The monoisotopic (exact) mass is 367 g/mol. The van der Waals surface area contributed by atoms with Crippen LogP contribution in [0.25, 0.3) is 10.9 Å². The number of aryl methyl sites for hydroxylation is 1. The Kier molecular flexibility index (Phi) is 3.92. The van der Waals surface area contributed by atoms with Gasteiger partial charge in [-0.1, -0.05) is 27.5 Å². The molecule has 102 valence electrons. The number of benzene rings is 1. The van der Waals surface area contributed by atoms with Crippen molar-refractivity contribution in [1.82, 2.24) is 9.97 Å². The van der Waals surface area contributed by atoms with E-state index in [0.29, 0.717) is 5.02 Å². The van der Waals surface area contributed by atoms with Crippen LogP contribution in [-0.2, 0) is 6.54 Å². The number of aromatic nitrogens is 2. The predicted octanol–water partition coefficient (Wildman–Crippen LogP) is 5.03. The molecule has 0 saturated heterocycles. The molecule has 1 aromatic carbocycles. The first-order valence-electron chi connectivity index (χ1n) is 6.02. The van der Waals surface area contributed by atoms with Gasteiger partial charge in [-0.25, -0.2) is 4.98 Å². The highest BCUT2D eigenvalue weighted by Crippen LogP contribution is 2.31. The van der Waals surface area contributed by atoms with Crippen molar-refractivity contribution in [3.05, 3.63) is 50.0 Å². The van der Waals surface area contributed by atoms with E-state index < -0.39 is 0 Å². The maximum atomic E-state index is 6.23. The lowest BCUT2D eigenvalue weighted by atomic mass is 10.2. The van der Waals surface area contributed by atoms with E-state index in [4.69, 9.17) is 11.6 Å². The molecule has 0 fully saturated rings. The van der Waals surface area contributed by atoms with E-state index in [0.717, 1.165) is 33.3 Å². The van der Waals surface area contributed by atoms with Crippen LogP contribution < -0.4 is 5.32 Å². The Morgan fingerprint density at radius 3 is 2.95 bits per heavy atom. The predicted molar refractivity (Wildman–Crippen MR) is 88.6 cm³/mol. The van der Waals surface area contributed by atoms with Crippen molar-refractivity contribution in [2.24, 2.45) is 0 Å². The first kappa shape index (κ1) is 13.8. The average Bonchev–Trinajstić information content (AvgIpc) is 2.82. The van der Waals surface area contributed by atoms with Crippen LogP contribution in [-0.4, -0.2) is 9.97 Å². The van der Waals surface area contributed by atoms with Crippen molar-refractivity contribution in [3.8, 4) is 0 Å². The molecule has 0 unspecified atom stereocenters. The van der Waals surface area contributed by atoms with E-state index in [-0.39, 0.29) is 0 Å². The van der Waals surface area contributed by atoms with Crippen molar-refractivity contribution in [3.63, 3.8) is 0 Å². The topological polar surface area (TPSA) is 37.8 Å². The largest absolute Gasteiger partial charge is 0.379 e. The van der Waals surface area contributed by atoms with E-state index in [1.807, 2.05) is 30.6 Å². The molecular weight excluding hydrogens is 358 g/mol. The highest BCUT2D eigenvalue weighted by molar-refractivity contribution is 9.10. The fraction of sp³-hybridized carbons (Fsp3) is 0.143. The zero-order chi connectivity index (χ0) is 14.1. The molecule has 0 spiro atoms. The molecule has 0 amide bonds. The first-order chi connectivity index (χ1) is 9.65. The number of hydrogen-bond donors (Lipinski definition) is 1. The molecule has 6 heteroatoms. The van der Waals surface area contributed by atoms with Gasteiger partial charge < -0.3 is 5.32 Å². The summed E-state index contributed by atoms with van der Waals surface area (Å²) >= 11 is 11.4. The van der Waals surface area contributed by atoms with Gasteiger partial charge in [0.15, 0.2) is 0 Å². The van der Waals surface area contributed by atoms with Crippen LogP contribution in [0.5, 0.6) is 0 Å². The zero-order valence-corrected chi connectivity index (χ0v) is 13.8. The molecule has 3 aromatic rings. The van der Waals surface area contributed by atoms with Gasteiger partial charge in [0.1, 0.15) is 0 Å². The fourth-order valence-corrected chi connectivity index (χ4v) is 3.58. The standard InChI is InChI=1S/C14H11BrClN3S/c1-8-13(20-7-19-8)6-18-12-2-3-17-14-10(12)4-9(15)5-11(14)16/h2-5,7H,6H2,1H3,(H,17,18). The SMILES string of the molecule is Cc1ncsc1CNc1ccnc2c(Cl)cc(Br)cc12. The third kappa shape index (κ3) is 2.66. The van der Waals surface area contributed by atoms with Gasteiger partial charge in [-0.05, 0) is 25.1 Å². The van der Waals surface area contributed by atoms with E-state index in [1.54, 1.807) is 17.5 Å². The summed E-state index contributed by atoms with van der Waals surface area (Å²) in [5.41, 5.74) is 4.76. The third-order valence-corrected chi connectivity index (χ3v) is 4.73. The molecule has 20 heavy (non-hydrogen) atoms. The normalized spacial score (nSPS) is 10.9. The highest BCUT2D eigenvalue weighted by atomic mass is 79.9. The van der Waals surface area contributed by atoms with E-state index >= 15 is 0 Å². The van der Waals surface area contributed by atoms with Crippen LogP contribution in [0.4, 0.5) is 5.69 Å². The molecule has 0 aliphatic rings. The van der Waals surface area contributed by atoms with Crippen LogP contribution >= 0.6 is 38.9 Å². The number of fused-ring (bicyclic) bond motifs is 1. The Bertz CT molecular complexity index is 772. The van der Waals surface area contributed by atoms with Crippen molar-refractivity contribution < 1.29 is 0 Å². The molecule has 0 atom stereocenters. The molecular formula is C14H11BrClN3S. The molecule has 2 heterocycles. The van der Waals surface area contributed by atoms with Gasteiger partial charge >= 0.3 is 0 Å². The minimum atomic E-state index is 0.645. The summed E-state index contributed by atoms with van der Waals surface area (Å²) in [6, 6.07) is 5.84. The van der Waals surface area contributed by atoms with Crippen LogP contribution in [0.3, 0.4) is 0 Å². The maximum Gasteiger partial charge on any atom is 0.0909 e. The minimum absolute atomic E-state index is 0.645. The summed E-state index contributed by atoms with van der Waals surface area (Å²) in [4.78, 5) is 9.83. The number of thiazole rings is 1. The van der Waals surface area contributed by atoms with E-state index in [9.17, 15) is 0 Å². The lowest BCUT2D eigenvalue weighted by Crippen LogP contribution is -2.00. The number of nitrogens with zero attached hydrogens (tertiary/aromatic N) is 2. The molecule has 3 rings (SSSR count). The fourth-order valence-electron chi connectivity index (χ4n) is 2.00. The Hall–Kier alpha value is -1.17. The number of pyridine rings is 1.